The fourth-order valence-corrected chi connectivity index (χ4v) is 12.7. The largest absolute Gasteiger partial charge is 0.477 e. The van der Waals surface area contributed by atoms with Crippen LogP contribution in [0.1, 0.15) is 74.2 Å². The van der Waals surface area contributed by atoms with Crippen LogP contribution in [0.3, 0.4) is 0 Å². The van der Waals surface area contributed by atoms with Gasteiger partial charge in [-0.15, -0.1) is 34.0 Å². The maximum atomic E-state index is 12.7. The minimum absolute atomic E-state index is 0.0241. The number of nitrogens with two attached hydrogens (primary N) is 1. The first-order valence-corrected chi connectivity index (χ1v) is 27.8. The van der Waals surface area contributed by atoms with Crippen molar-refractivity contribution < 1.29 is 45.5 Å². The van der Waals surface area contributed by atoms with Gasteiger partial charge in [0.2, 0.25) is 0 Å². The molecule has 2 aliphatic rings. The number of esters is 1. The van der Waals surface area contributed by atoms with E-state index in [-0.39, 0.29) is 27.7 Å². The summed E-state index contributed by atoms with van der Waals surface area (Å²) >= 11 is 4.18. The number of benzene rings is 6. The summed E-state index contributed by atoms with van der Waals surface area (Å²) in [5, 5.41) is 57.8. The Labute approximate surface area is 452 Å². The van der Waals surface area contributed by atoms with Crippen LogP contribution in [-0.4, -0.2) is 53.0 Å². The van der Waals surface area contributed by atoms with Gasteiger partial charge in [0.15, 0.2) is 26.0 Å². The highest BCUT2D eigenvalue weighted by atomic mass is 32.2. The molecule has 0 fully saturated rings. The smallest absolute Gasteiger partial charge is 0.348 e. The van der Waals surface area contributed by atoms with Crippen molar-refractivity contribution in [2.75, 3.05) is 12.9 Å². The van der Waals surface area contributed by atoms with Gasteiger partial charge in [0, 0.05) is 26.1 Å². The normalized spacial score (nSPS) is 12.3. The Hall–Kier alpha value is -9.21. The van der Waals surface area contributed by atoms with Crippen molar-refractivity contribution >= 4 is 108 Å². The molecule has 0 amide bonds. The second-order valence-corrected chi connectivity index (χ2v) is 22.9. The molecule has 77 heavy (non-hydrogen) atoms. The molecule has 15 nitrogen and oxygen atoms in total. The predicted octanol–water partition coefficient (Wildman–Crippen LogP) is 11.1. The number of aromatic carboxylic acids is 1. The number of rotatable bonds is 4. The van der Waals surface area contributed by atoms with Gasteiger partial charge < -0.3 is 15.6 Å². The number of thiophene rings is 3. The van der Waals surface area contributed by atoms with E-state index >= 15 is 0 Å². The summed E-state index contributed by atoms with van der Waals surface area (Å²) in [4.78, 5) is 33.6. The van der Waals surface area contributed by atoms with Crippen LogP contribution in [0.15, 0.2) is 148 Å². The molecular formula is C56H37FN6O9S5. The van der Waals surface area contributed by atoms with E-state index in [1.165, 1.54) is 64.1 Å². The van der Waals surface area contributed by atoms with Crippen molar-refractivity contribution in [3.8, 4) is 30.3 Å². The number of carboxylic acids is 1. The molecule has 0 bridgehead atoms. The number of carbonyl (C=O) groups is 3. The SMILES string of the molecule is COC(=O)c1cc2ccc(C#N)cc2s1.N#Cc1ccc(C=O)c(F)c1.N#Cc1ccc2c(c1)S(=O)(=O)C=C2.N#Cc1ccc2cc(C(=O)O)sc2c1.N#Cc1ccc2ccsc2c1.NCc1ccc2c(c1)S(=O)(=O)CC2. The van der Waals surface area contributed by atoms with Gasteiger partial charge in [-0.3, -0.25) is 4.79 Å². The zero-order valence-corrected chi connectivity index (χ0v) is 44.1. The second kappa shape index (κ2) is 25.8. The number of halogens is 1. The Morgan fingerprint density at radius 3 is 1.75 bits per heavy atom. The van der Waals surface area contributed by atoms with Crippen molar-refractivity contribution in [1.82, 2.24) is 0 Å². The Morgan fingerprint density at radius 2 is 1.19 bits per heavy atom. The molecule has 382 valence electrons. The number of methoxy groups -OCH3 is 1. The minimum atomic E-state index is -3.27. The Balaban J connectivity index is 0.000000150. The average Bonchev–Trinajstić information content (AvgIpc) is 4.31. The number of sulfone groups is 2. The van der Waals surface area contributed by atoms with E-state index in [1.54, 1.807) is 78.1 Å². The predicted molar refractivity (Wildman–Crippen MR) is 292 cm³/mol. The molecule has 5 heterocycles. The molecule has 0 spiro atoms. The molecule has 0 saturated heterocycles. The molecule has 3 N–H and O–H groups in total. The quantitative estimate of drug-likeness (QED) is 0.122. The number of fused-ring (bicyclic) bond motifs is 5. The first kappa shape index (κ1) is 57.1. The topological polar surface area (TPSA) is 294 Å². The zero-order valence-electron chi connectivity index (χ0n) is 40.0. The maximum Gasteiger partial charge on any atom is 0.348 e. The maximum absolute atomic E-state index is 12.7. The highest BCUT2D eigenvalue weighted by Crippen LogP contribution is 2.30. The van der Waals surface area contributed by atoms with E-state index in [0.29, 0.717) is 56.2 Å². The molecule has 0 radical (unpaired) electrons. The van der Waals surface area contributed by atoms with E-state index in [9.17, 15) is 35.6 Å². The van der Waals surface area contributed by atoms with Crippen LogP contribution in [0, 0.1) is 62.5 Å². The molecule has 0 saturated carbocycles. The van der Waals surface area contributed by atoms with E-state index in [0.717, 1.165) is 48.3 Å². The summed E-state index contributed by atoms with van der Waals surface area (Å²) < 4.78 is 65.8. The summed E-state index contributed by atoms with van der Waals surface area (Å²) in [7, 11) is -4.91. The first-order chi connectivity index (χ1) is 36.9. The number of aryl methyl sites for hydroxylation is 1. The van der Waals surface area contributed by atoms with Gasteiger partial charge in [-0.05, 0) is 142 Å². The lowest BCUT2D eigenvalue weighted by Crippen LogP contribution is -2.01. The average molecular weight is 1120 g/mol. The van der Waals surface area contributed by atoms with Gasteiger partial charge in [0.05, 0.1) is 86.4 Å². The highest BCUT2D eigenvalue weighted by Gasteiger charge is 2.26. The van der Waals surface area contributed by atoms with Crippen molar-refractivity contribution in [1.29, 1.82) is 26.3 Å². The molecule has 3 aromatic heterocycles. The summed E-state index contributed by atoms with van der Waals surface area (Å²) in [6.45, 7) is 0.392. The summed E-state index contributed by atoms with van der Waals surface area (Å²) in [5.74, 6) is -1.67. The number of nitriles is 5. The molecule has 11 rings (SSSR count). The Bertz CT molecular complexity index is 4240. The van der Waals surface area contributed by atoms with Gasteiger partial charge in [-0.1, -0.05) is 36.4 Å². The van der Waals surface area contributed by atoms with Crippen LogP contribution in [0.2, 0.25) is 0 Å². The molecular weight excluding hydrogens is 1080 g/mol. The van der Waals surface area contributed by atoms with Crippen LogP contribution in [0.25, 0.3) is 36.3 Å². The van der Waals surface area contributed by atoms with Gasteiger partial charge in [0.1, 0.15) is 15.6 Å². The van der Waals surface area contributed by atoms with Crippen LogP contribution in [0.5, 0.6) is 0 Å². The molecule has 0 aliphatic carbocycles. The van der Waals surface area contributed by atoms with E-state index < -0.39 is 31.5 Å². The van der Waals surface area contributed by atoms with Crippen molar-refractivity contribution in [3.63, 3.8) is 0 Å². The molecule has 9 aromatic rings. The molecule has 21 heteroatoms. The standard InChI is InChI=1S/C11H7NO2S.C10H5NO2S.C9H11NO2S.C9H5NO2S.C9H5NS.C8H4FNO/c1-14-11(13)10-5-8-3-2-7(6-12)4-9(8)15-10;11-5-6-1-2-7-4-9(10(12)13)14-8(7)3-6;2*10-6-7-1-2-8-3-4-13(11,12)9(8)5-7;10-6-7-1-2-8-3-4-11-9(8)5-7;9-8-3-6(4-10)1-2-7(8)5-11/h2-5H,1H3;1-4H,(H,12,13);1-2,5H,3-4,6,10H2;1-5H;1-5H;1-3,5H. The summed E-state index contributed by atoms with van der Waals surface area (Å²) in [6, 6.07) is 45.3. The third-order valence-electron chi connectivity index (χ3n) is 11.0. The van der Waals surface area contributed by atoms with Crippen molar-refractivity contribution in [2.24, 2.45) is 5.73 Å². The fraction of sp³-hybridized carbons (Fsp3) is 0.0714. The van der Waals surface area contributed by atoms with Crippen LogP contribution < -0.4 is 5.73 Å². The van der Waals surface area contributed by atoms with Gasteiger partial charge in [-0.25, -0.2) is 30.8 Å². The number of carboxylic acid groups (broad SMARTS) is 1. The van der Waals surface area contributed by atoms with Gasteiger partial charge in [-0.2, -0.15) is 26.3 Å². The minimum Gasteiger partial charge on any atom is -0.477 e. The Kier molecular flexibility index (Phi) is 19.1. The third kappa shape index (κ3) is 14.6. The lowest BCUT2D eigenvalue weighted by atomic mass is 10.1. The lowest BCUT2D eigenvalue weighted by Gasteiger charge is -2.00. The number of nitrogens with zero attached hydrogens (tertiary/aromatic N) is 5. The number of hydrogen-bond acceptors (Lipinski definition) is 17. The monoisotopic (exact) mass is 1120 g/mol. The van der Waals surface area contributed by atoms with Gasteiger partial charge in [0.25, 0.3) is 0 Å². The van der Waals surface area contributed by atoms with Crippen LogP contribution in [-0.2, 0) is 37.4 Å². The lowest BCUT2D eigenvalue weighted by molar-refractivity contribution is 0.0605. The van der Waals surface area contributed by atoms with Crippen molar-refractivity contribution in [2.45, 2.75) is 22.8 Å². The second-order valence-electron chi connectivity index (χ2n) is 15.9. The molecule has 6 aromatic carbocycles. The van der Waals surface area contributed by atoms with Gasteiger partial charge >= 0.3 is 11.9 Å². The van der Waals surface area contributed by atoms with Crippen molar-refractivity contribution in [3.05, 3.63) is 204 Å². The van der Waals surface area contributed by atoms with Crippen LogP contribution >= 0.6 is 34.0 Å². The molecule has 0 atom stereocenters. The van der Waals surface area contributed by atoms with Crippen LogP contribution in [0.4, 0.5) is 4.39 Å². The summed E-state index contributed by atoms with van der Waals surface area (Å²) in [5.41, 5.74) is 10.3. The third-order valence-corrected chi connectivity index (χ3v) is 17.3. The number of hydrogen-bond donors (Lipinski definition) is 2. The first-order valence-electron chi connectivity index (χ1n) is 22.1. The van der Waals surface area contributed by atoms with E-state index in [1.807, 2.05) is 53.9 Å². The van der Waals surface area contributed by atoms with E-state index in [4.69, 9.17) is 37.1 Å². The molecule has 0 unspecified atom stereocenters. The number of ether oxygens (including phenoxy) is 1. The van der Waals surface area contributed by atoms with E-state index in [2.05, 4.69) is 22.9 Å². The fourth-order valence-electron chi connectivity index (χ4n) is 7.02. The zero-order chi connectivity index (χ0) is 55.9. The molecule has 2 aliphatic heterocycles. The Morgan fingerprint density at radius 1 is 0.662 bits per heavy atom. The number of aldehydes is 1. The summed E-state index contributed by atoms with van der Waals surface area (Å²) in [6.07, 6.45) is 2.59. The number of carbonyl (C=O) groups excluding carboxylic acids is 2. The highest BCUT2D eigenvalue weighted by molar-refractivity contribution is 7.94.